The zero-order chi connectivity index (χ0) is 16.0. The molecule has 0 aliphatic heterocycles. The van der Waals surface area contributed by atoms with Crippen molar-refractivity contribution in [3.63, 3.8) is 0 Å². The van der Waals surface area contributed by atoms with Crippen LogP contribution in [0.15, 0.2) is 29.4 Å². The molecule has 1 unspecified atom stereocenters. The standard InChI is InChI=1S/C14H18N4O3/c1-9(19)21-12(13(20)16-14(2,3)4)10-7-5-6-8-11(10)17-18-15/h5-8,12H,1-4H3,(H,16,20). The monoisotopic (exact) mass is 290 g/mol. The lowest BCUT2D eigenvalue weighted by Crippen LogP contribution is -2.44. The summed E-state index contributed by atoms with van der Waals surface area (Å²) in [7, 11) is 0. The van der Waals surface area contributed by atoms with Gasteiger partial charge in [-0.3, -0.25) is 9.59 Å². The van der Waals surface area contributed by atoms with E-state index in [1.165, 1.54) is 6.92 Å². The molecule has 1 atom stereocenters. The molecule has 21 heavy (non-hydrogen) atoms. The molecular weight excluding hydrogens is 272 g/mol. The Morgan fingerprint density at radius 3 is 2.48 bits per heavy atom. The molecular formula is C14H18N4O3. The molecule has 1 aromatic rings. The van der Waals surface area contributed by atoms with E-state index in [0.717, 1.165) is 0 Å². The third kappa shape index (κ3) is 5.16. The van der Waals surface area contributed by atoms with Gasteiger partial charge in [0.2, 0.25) is 6.10 Å². The molecule has 0 saturated carbocycles. The number of amides is 1. The van der Waals surface area contributed by atoms with E-state index in [4.69, 9.17) is 10.3 Å². The fraction of sp³-hybridized carbons (Fsp3) is 0.429. The highest BCUT2D eigenvalue weighted by molar-refractivity contribution is 5.86. The van der Waals surface area contributed by atoms with Crippen LogP contribution in [0.25, 0.3) is 10.4 Å². The van der Waals surface area contributed by atoms with Crippen molar-refractivity contribution in [3.05, 3.63) is 40.3 Å². The lowest BCUT2D eigenvalue weighted by atomic mass is 10.0. The van der Waals surface area contributed by atoms with Crippen LogP contribution in [-0.4, -0.2) is 17.4 Å². The summed E-state index contributed by atoms with van der Waals surface area (Å²) >= 11 is 0. The van der Waals surface area contributed by atoms with Crippen molar-refractivity contribution in [2.45, 2.75) is 39.3 Å². The Hall–Kier alpha value is -2.53. The van der Waals surface area contributed by atoms with Crippen molar-refractivity contribution in [3.8, 4) is 0 Å². The van der Waals surface area contributed by atoms with Gasteiger partial charge in [0.25, 0.3) is 5.91 Å². The van der Waals surface area contributed by atoms with Crippen LogP contribution in [0.5, 0.6) is 0 Å². The van der Waals surface area contributed by atoms with Crippen molar-refractivity contribution in [2.24, 2.45) is 5.11 Å². The lowest BCUT2D eigenvalue weighted by molar-refractivity contribution is -0.155. The average Bonchev–Trinajstić information content (AvgIpc) is 2.35. The summed E-state index contributed by atoms with van der Waals surface area (Å²) in [6.07, 6.45) is -1.16. The minimum Gasteiger partial charge on any atom is -0.447 e. The lowest BCUT2D eigenvalue weighted by Gasteiger charge is -2.25. The largest absolute Gasteiger partial charge is 0.447 e. The quantitative estimate of drug-likeness (QED) is 0.398. The third-order valence-corrected chi connectivity index (χ3v) is 2.39. The number of rotatable bonds is 4. The van der Waals surface area contributed by atoms with Gasteiger partial charge in [-0.1, -0.05) is 29.4 Å². The molecule has 1 aromatic carbocycles. The van der Waals surface area contributed by atoms with E-state index in [0.29, 0.717) is 5.56 Å². The molecule has 0 spiro atoms. The number of nitrogens with one attached hydrogen (secondary N) is 1. The van der Waals surface area contributed by atoms with E-state index >= 15 is 0 Å². The van der Waals surface area contributed by atoms with E-state index in [1.807, 2.05) is 20.8 Å². The van der Waals surface area contributed by atoms with E-state index < -0.39 is 23.5 Å². The van der Waals surface area contributed by atoms with Crippen LogP contribution in [0.3, 0.4) is 0 Å². The normalized spacial score (nSPS) is 12.0. The van der Waals surface area contributed by atoms with Gasteiger partial charge in [0.1, 0.15) is 0 Å². The predicted molar refractivity (Wildman–Crippen MR) is 77.7 cm³/mol. The van der Waals surface area contributed by atoms with Gasteiger partial charge in [-0.15, -0.1) is 0 Å². The maximum absolute atomic E-state index is 12.3. The molecule has 7 nitrogen and oxygen atoms in total. The number of carbonyl (C=O) groups excluding carboxylic acids is 2. The highest BCUT2D eigenvalue weighted by Crippen LogP contribution is 2.29. The Labute approximate surface area is 122 Å². The van der Waals surface area contributed by atoms with Crippen LogP contribution < -0.4 is 5.32 Å². The van der Waals surface area contributed by atoms with Crippen LogP contribution >= 0.6 is 0 Å². The summed E-state index contributed by atoms with van der Waals surface area (Å²) in [5.41, 5.74) is 8.69. The highest BCUT2D eigenvalue weighted by Gasteiger charge is 2.28. The first-order valence-electron chi connectivity index (χ1n) is 6.38. The van der Waals surface area contributed by atoms with Gasteiger partial charge in [0.15, 0.2) is 0 Å². The van der Waals surface area contributed by atoms with Crippen LogP contribution in [0.4, 0.5) is 5.69 Å². The minimum atomic E-state index is -1.16. The summed E-state index contributed by atoms with van der Waals surface area (Å²) in [6.45, 7) is 6.66. The maximum Gasteiger partial charge on any atom is 0.303 e. The molecule has 0 aliphatic carbocycles. The molecule has 0 saturated heterocycles. The van der Waals surface area contributed by atoms with Gasteiger partial charge >= 0.3 is 5.97 Å². The smallest absolute Gasteiger partial charge is 0.303 e. The molecule has 7 heteroatoms. The Morgan fingerprint density at radius 2 is 1.95 bits per heavy atom. The third-order valence-electron chi connectivity index (χ3n) is 2.39. The average molecular weight is 290 g/mol. The van der Waals surface area contributed by atoms with Crippen molar-refractivity contribution < 1.29 is 14.3 Å². The Balaban J connectivity index is 3.22. The van der Waals surface area contributed by atoms with Crippen LogP contribution in [-0.2, 0) is 14.3 Å². The number of carbonyl (C=O) groups is 2. The fourth-order valence-electron chi connectivity index (χ4n) is 1.71. The van der Waals surface area contributed by atoms with E-state index in [-0.39, 0.29) is 5.69 Å². The molecule has 0 bridgehead atoms. The van der Waals surface area contributed by atoms with E-state index in [2.05, 4.69) is 15.3 Å². The van der Waals surface area contributed by atoms with Gasteiger partial charge in [0, 0.05) is 28.6 Å². The minimum absolute atomic E-state index is 0.246. The van der Waals surface area contributed by atoms with Crippen molar-refractivity contribution >= 4 is 17.6 Å². The molecule has 1 rings (SSSR count). The second-order valence-electron chi connectivity index (χ2n) is 5.48. The van der Waals surface area contributed by atoms with Crippen LogP contribution in [0, 0.1) is 0 Å². The summed E-state index contributed by atoms with van der Waals surface area (Å²) in [6, 6.07) is 6.47. The predicted octanol–water partition coefficient (Wildman–Crippen LogP) is 3.15. The molecule has 0 aromatic heterocycles. The summed E-state index contributed by atoms with van der Waals surface area (Å²) < 4.78 is 5.10. The molecule has 112 valence electrons. The van der Waals surface area contributed by atoms with Gasteiger partial charge in [-0.2, -0.15) is 0 Å². The summed E-state index contributed by atoms with van der Waals surface area (Å²) in [5, 5.41) is 6.26. The number of nitrogens with zero attached hydrogens (tertiary/aromatic N) is 3. The number of hydrogen-bond donors (Lipinski definition) is 1. The molecule has 0 fully saturated rings. The number of ether oxygens (including phenoxy) is 1. The first-order valence-corrected chi connectivity index (χ1v) is 6.38. The van der Waals surface area contributed by atoms with Crippen molar-refractivity contribution in [1.29, 1.82) is 0 Å². The van der Waals surface area contributed by atoms with Gasteiger partial charge in [0.05, 0.1) is 0 Å². The molecule has 0 radical (unpaired) electrons. The number of hydrogen-bond acceptors (Lipinski definition) is 4. The Bertz CT molecular complexity index is 586. The first kappa shape index (κ1) is 16.5. The van der Waals surface area contributed by atoms with Crippen molar-refractivity contribution in [2.75, 3.05) is 0 Å². The summed E-state index contributed by atoms with van der Waals surface area (Å²) in [5.74, 6) is -1.07. The van der Waals surface area contributed by atoms with E-state index in [1.54, 1.807) is 24.3 Å². The SMILES string of the molecule is CC(=O)OC(C(=O)NC(C)(C)C)c1ccccc1N=[N+]=[N-]. The van der Waals surface area contributed by atoms with Crippen molar-refractivity contribution in [1.82, 2.24) is 5.32 Å². The zero-order valence-corrected chi connectivity index (χ0v) is 12.5. The fourth-order valence-corrected chi connectivity index (χ4v) is 1.71. The zero-order valence-electron chi connectivity index (χ0n) is 12.5. The number of esters is 1. The van der Waals surface area contributed by atoms with Gasteiger partial charge in [-0.25, -0.2) is 0 Å². The maximum atomic E-state index is 12.3. The topological polar surface area (TPSA) is 104 Å². The first-order chi connectivity index (χ1) is 9.74. The van der Waals surface area contributed by atoms with Crippen LogP contribution in [0.2, 0.25) is 0 Å². The molecule has 0 heterocycles. The second kappa shape index (κ2) is 6.76. The second-order valence-corrected chi connectivity index (χ2v) is 5.48. The van der Waals surface area contributed by atoms with Gasteiger partial charge in [-0.05, 0) is 26.3 Å². The van der Waals surface area contributed by atoms with E-state index in [9.17, 15) is 9.59 Å². The molecule has 0 aliphatic rings. The van der Waals surface area contributed by atoms with Gasteiger partial charge < -0.3 is 10.1 Å². The molecule has 1 amide bonds. The molecule has 1 N–H and O–H groups in total. The summed E-state index contributed by atoms with van der Waals surface area (Å²) in [4.78, 5) is 26.3. The Kier molecular flexibility index (Phi) is 5.32. The number of azide groups is 1. The highest BCUT2D eigenvalue weighted by atomic mass is 16.5. The Morgan fingerprint density at radius 1 is 1.33 bits per heavy atom. The van der Waals surface area contributed by atoms with Crippen LogP contribution in [0.1, 0.15) is 39.4 Å². The number of benzene rings is 1.